The van der Waals surface area contributed by atoms with Gasteiger partial charge in [-0.3, -0.25) is 9.78 Å². The molecule has 1 atom stereocenters. The molecule has 1 amide bonds. The van der Waals surface area contributed by atoms with E-state index in [1.165, 1.54) is 24.5 Å². The zero-order valence-corrected chi connectivity index (χ0v) is 16.7. The van der Waals surface area contributed by atoms with Crippen LogP contribution in [0, 0.1) is 6.92 Å². The molecule has 0 aliphatic rings. The summed E-state index contributed by atoms with van der Waals surface area (Å²) in [6.07, 6.45) is -3.54. The number of esters is 1. The number of nitrogens with one attached hydrogen (secondary N) is 1. The van der Waals surface area contributed by atoms with Crippen molar-refractivity contribution < 1.29 is 27.5 Å². The maximum absolute atomic E-state index is 13.0. The zero-order chi connectivity index (χ0) is 22.6. The minimum absolute atomic E-state index is 0.108. The maximum Gasteiger partial charge on any atom is 0.416 e. The Balaban J connectivity index is 1.89. The second-order valence-corrected chi connectivity index (χ2v) is 6.83. The highest BCUT2D eigenvalue weighted by molar-refractivity contribution is 6.33. The molecule has 1 heterocycles. The van der Waals surface area contributed by atoms with Gasteiger partial charge in [0.15, 0.2) is 5.69 Å². The SMILES string of the molecule is Cc1cnc(C(=O)O[C@H](C(=O)Nc2cc(C(F)(F)F)ccc2Cl)c2ccccc2)cn1. The lowest BCUT2D eigenvalue weighted by molar-refractivity contribution is -0.137. The van der Waals surface area contributed by atoms with Crippen LogP contribution in [-0.4, -0.2) is 21.8 Å². The van der Waals surface area contributed by atoms with E-state index < -0.39 is 29.7 Å². The van der Waals surface area contributed by atoms with Gasteiger partial charge in [0.2, 0.25) is 6.10 Å². The number of rotatable bonds is 5. The first kappa shape index (κ1) is 22.2. The van der Waals surface area contributed by atoms with E-state index in [9.17, 15) is 22.8 Å². The van der Waals surface area contributed by atoms with E-state index in [1.807, 2.05) is 0 Å². The van der Waals surface area contributed by atoms with Crippen LogP contribution in [0.25, 0.3) is 0 Å². The average molecular weight is 450 g/mol. The molecule has 1 N–H and O–H groups in total. The van der Waals surface area contributed by atoms with E-state index in [2.05, 4.69) is 15.3 Å². The molecule has 3 rings (SSSR count). The summed E-state index contributed by atoms with van der Waals surface area (Å²) in [6, 6.07) is 10.5. The number of alkyl halides is 3. The maximum atomic E-state index is 13.0. The number of ether oxygens (including phenoxy) is 1. The fraction of sp³-hybridized carbons (Fsp3) is 0.143. The van der Waals surface area contributed by atoms with E-state index >= 15 is 0 Å². The molecule has 31 heavy (non-hydrogen) atoms. The summed E-state index contributed by atoms with van der Waals surface area (Å²) in [4.78, 5) is 33.2. The van der Waals surface area contributed by atoms with Crippen LogP contribution >= 0.6 is 11.6 Å². The number of carbonyl (C=O) groups is 2. The molecule has 10 heteroatoms. The third-order valence-corrected chi connectivity index (χ3v) is 4.44. The van der Waals surface area contributed by atoms with Gasteiger partial charge in [-0.15, -0.1) is 0 Å². The Hall–Kier alpha value is -3.46. The number of anilines is 1. The van der Waals surface area contributed by atoms with Crippen molar-refractivity contribution >= 4 is 29.2 Å². The standard InChI is InChI=1S/C21H15ClF3N3O3/c1-12-10-27-17(11-26-12)20(30)31-18(13-5-3-2-4-6-13)19(29)28-16-9-14(21(23,24)25)7-8-15(16)22/h2-11,18H,1H3,(H,28,29)/t18-/m0/s1. The third kappa shape index (κ3) is 5.58. The molecular formula is C21H15ClF3N3O3. The van der Waals surface area contributed by atoms with Crippen molar-refractivity contribution in [3.63, 3.8) is 0 Å². The first-order chi connectivity index (χ1) is 14.6. The Morgan fingerprint density at radius 1 is 1.06 bits per heavy atom. The highest BCUT2D eigenvalue weighted by Gasteiger charge is 2.32. The molecule has 0 fully saturated rings. The summed E-state index contributed by atoms with van der Waals surface area (Å²) >= 11 is 5.95. The summed E-state index contributed by atoms with van der Waals surface area (Å²) in [5, 5.41) is 2.20. The predicted molar refractivity (Wildman–Crippen MR) is 106 cm³/mol. The number of carbonyl (C=O) groups excluding carboxylic acids is 2. The molecule has 0 aliphatic heterocycles. The topological polar surface area (TPSA) is 81.2 Å². The molecule has 0 bridgehead atoms. The van der Waals surface area contributed by atoms with Crippen LogP contribution in [0.4, 0.5) is 18.9 Å². The van der Waals surface area contributed by atoms with Gasteiger partial charge in [-0.05, 0) is 25.1 Å². The van der Waals surface area contributed by atoms with Gasteiger partial charge in [-0.25, -0.2) is 9.78 Å². The number of halogens is 4. The van der Waals surface area contributed by atoms with Crippen LogP contribution in [0.5, 0.6) is 0 Å². The monoisotopic (exact) mass is 449 g/mol. The van der Waals surface area contributed by atoms with Gasteiger partial charge in [-0.1, -0.05) is 41.9 Å². The smallest absolute Gasteiger partial charge is 0.416 e. The Morgan fingerprint density at radius 2 is 1.77 bits per heavy atom. The summed E-state index contributed by atoms with van der Waals surface area (Å²) in [7, 11) is 0. The van der Waals surface area contributed by atoms with E-state index in [0.717, 1.165) is 12.1 Å². The summed E-state index contributed by atoms with van der Waals surface area (Å²) < 4.78 is 44.3. The van der Waals surface area contributed by atoms with E-state index in [-0.39, 0.29) is 16.4 Å². The quantitative estimate of drug-likeness (QED) is 0.555. The van der Waals surface area contributed by atoms with Crippen molar-refractivity contribution in [2.24, 2.45) is 0 Å². The fourth-order valence-corrected chi connectivity index (χ4v) is 2.73. The second kappa shape index (κ2) is 9.13. The Labute approximate surface area is 180 Å². The lowest BCUT2D eigenvalue weighted by Crippen LogP contribution is -2.26. The van der Waals surface area contributed by atoms with Crippen molar-refractivity contribution in [1.29, 1.82) is 0 Å². The van der Waals surface area contributed by atoms with Gasteiger partial charge < -0.3 is 10.1 Å². The molecule has 0 unspecified atom stereocenters. The average Bonchev–Trinajstić information content (AvgIpc) is 2.73. The van der Waals surface area contributed by atoms with E-state index in [1.54, 1.807) is 25.1 Å². The number of nitrogens with zero attached hydrogens (tertiary/aromatic N) is 2. The van der Waals surface area contributed by atoms with Crippen molar-refractivity contribution in [2.45, 2.75) is 19.2 Å². The lowest BCUT2D eigenvalue weighted by Gasteiger charge is -2.19. The number of benzene rings is 2. The Morgan fingerprint density at radius 3 is 2.39 bits per heavy atom. The molecule has 6 nitrogen and oxygen atoms in total. The minimum Gasteiger partial charge on any atom is -0.443 e. The predicted octanol–water partition coefficient (Wildman–Crippen LogP) is 4.99. The fourth-order valence-electron chi connectivity index (χ4n) is 2.56. The largest absolute Gasteiger partial charge is 0.443 e. The van der Waals surface area contributed by atoms with Crippen LogP contribution in [-0.2, 0) is 15.7 Å². The molecule has 1 aromatic heterocycles. The van der Waals surface area contributed by atoms with Crippen LogP contribution in [0.2, 0.25) is 5.02 Å². The Bertz CT molecular complexity index is 1090. The van der Waals surface area contributed by atoms with Gasteiger partial charge in [0.05, 0.1) is 28.2 Å². The third-order valence-electron chi connectivity index (χ3n) is 4.11. The van der Waals surface area contributed by atoms with E-state index in [0.29, 0.717) is 17.3 Å². The summed E-state index contributed by atoms with van der Waals surface area (Å²) in [5.41, 5.74) is -0.509. The molecule has 160 valence electrons. The first-order valence-electron chi connectivity index (χ1n) is 8.87. The molecule has 0 saturated carbocycles. The molecule has 0 radical (unpaired) electrons. The number of hydrogen-bond acceptors (Lipinski definition) is 5. The van der Waals surface area contributed by atoms with Crippen LogP contribution in [0.15, 0.2) is 60.9 Å². The van der Waals surface area contributed by atoms with Crippen LogP contribution in [0.3, 0.4) is 0 Å². The highest BCUT2D eigenvalue weighted by Crippen LogP contribution is 2.34. The van der Waals surface area contributed by atoms with Gasteiger partial charge in [0, 0.05) is 11.8 Å². The molecule has 2 aromatic carbocycles. The minimum atomic E-state index is -4.63. The van der Waals surface area contributed by atoms with Gasteiger partial charge in [-0.2, -0.15) is 13.2 Å². The zero-order valence-electron chi connectivity index (χ0n) is 16.0. The second-order valence-electron chi connectivity index (χ2n) is 6.42. The lowest BCUT2D eigenvalue weighted by atomic mass is 10.1. The Kier molecular flexibility index (Phi) is 6.55. The molecule has 0 spiro atoms. The summed E-state index contributed by atoms with van der Waals surface area (Å²) in [6.45, 7) is 1.68. The highest BCUT2D eigenvalue weighted by atomic mass is 35.5. The molecule has 0 aliphatic carbocycles. The summed E-state index contributed by atoms with van der Waals surface area (Å²) in [5.74, 6) is -1.81. The molecule has 3 aromatic rings. The van der Waals surface area contributed by atoms with E-state index in [4.69, 9.17) is 16.3 Å². The molecule has 0 saturated heterocycles. The number of aromatic nitrogens is 2. The van der Waals surface area contributed by atoms with Crippen LogP contribution in [0.1, 0.15) is 33.4 Å². The van der Waals surface area contributed by atoms with Crippen LogP contribution < -0.4 is 5.32 Å². The van der Waals surface area contributed by atoms with Gasteiger partial charge in [0.1, 0.15) is 0 Å². The number of hydrogen-bond donors (Lipinski definition) is 1. The first-order valence-corrected chi connectivity index (χ1v) is 9.25. The van der Waals surface area contributed by atoms with Crippen molar-refractivity contribution in [3.05, 3.63) is 88.5 Å². The van der Waals surface area contributed by atoms with Crippen molar-refractivity contribution in [2.75, 3.05) is 5.32 Å². The number of amides is 1. The normalized spacial score (nSPS) is 12.2. The molecular weight excluding hydrogens is 435 g/mol. The van der Waals surface area contributed by atoms with Crippen molar-refractivity contribution in [1.82, 2.24) is 9.97 Å². The number of aryl methyl sites for hydroxylation is 1. The van der Waals surface area contributed by atoms with Crippen molar-refractivity contribution in [3.8, 4) is 0 Å². The van der Waals surface area contributed by atoms with Gasteiger partial charge >= 0.3 is 12.1 Å². The van der Waals surface area contributed by atoms with Gasteiger partial charge in [0.25, 0.3) is 5.91 Å².